The van der Waals surface area contributed by atoms with E-state index in [4.69, 9.17) is 0 Å². The molecule has 1 aliphatic rings. The first-order chi connectivity index (χ1) is 13.0. The molecule has 2 N–H and O–H groups in total. The fraction of sp³-hybridized carbons (Fsp3) is 0.476. The molecule has 6 heteroatoms. The van der Waals surface area contributed by atoms with Crippen molar-refractivity contribution >= 4 is 28.3 Å². The van der Waals surface area contributed by atoms with Gasteiger partial charge >= 0.3 is 0 Å². The zero-order valence-corrected chi connectivity index (χ0v) is 16.8. The first-order valence-electron chi connectivity index (χ1n) is 9.64. The second-order valence-corrected chi connectivity index (χ2v) is 8.18. The van der Waals surface area contributed by atoms with Gasteiger partial charge in [0.15, 0.2) is 5.13 Å². The van der Waals surface area contributed by atoms with Crippen molar-refractivity contribution in [3.63, 3.8) is 0 Å². The molecule has 1 atom stereocenters. The molecule has 1 saturated carbocycles. The van der Waals surface area contributed by atoms with Gasteiger partial charge in [0.05, 0.1) is 11.7 Å². The molecule has 27 heavy (non-hydrogen) atoms. The van der Waals surface area contributed by atoms with Crippen molar-refractivity contribution in [2.75, 3.05) is 5.32 Å². The lowest BCUT2D eigenvalue weighted by Gasteiger charge is -2.13. The Balaban J connectivity index is 1.55. The zero-order chi connectivity index (χ0) is 19.2. The van der Waals surface area contributed by atoms with Gasteiger partial charge in [-0.15, -0.1) is 11.3 Å². The summed E-state index contributed by atoms with van der Waals surface area (Å²) in [5.41, 5.74) is 2.89. The fourth-order valence-corrected chi connectivity index (χ4v) is 4.35. The highest BCUT2D eigenvalue weighted by atomic mass is 32.1. The van der Waals surface area contributed by atoms with Gasteiger partial charge in [-0.25, -0.2) is 4.98 Å². The highest BCUT2D eigenvalue weighted by Crippen LogP contribution is 2.29. The summed E-state index contributed by atoms with van der Waals surface area (Å²) in [4.78, 5) is 27.9. The fourth-order valence-electron chi connectivity index (χ4n) is 3.61. The van der Waals surface area contributed by atoms with E-state index in [1.165, 1.54) is 43.9 Å². The van der Waals surface area contributed by atoms with E-state index in [-0.39, 0.29) is 17.9 Å². The molecule has 0 spiro atoms. The van der Waals surface area contributed by atoms with Crippen LogP contribution in [0.5, 0.6) is 0 Å². The molecule has 0 saturated heterocycles. The van der Waals surface area contributed by atoms with Crippen LogP contribution in [-0.2, 0) is 9.59 Å². The molecule has 5 nitrogen and oxygen atoms in total. The SMILES string of the molecule is CC(=O)NC(C)c1ccc(-c2csc(NC(=O)CCC3CCCC3)n2)cc1. The lowest BCUT2D eigenvalue weighted by molar-refractivity contribution is -0.119. The number of nitrogens with zero attached hydrogens (tertiary/aromatic N) is 1. The average molecular weight is 386 g/mol. The van der Waals surface area contributed by atoms with E-state index in [2.05, 4.69) is 15.6 Å². The lowest BCUT2D eigenvalue weighted by Crippen LogP contribution is -2.23. The summed E-state index contributed by atoms with van der Waals surface area (Å²) in [5, 5.41) is 8.41. The third-order valence-corrected chi connectivity index (χ3v) is 5.89. The smallest absolute Gasteiger partial charge is 0.226 e. The second-order valence-electron chi connectivity index (χ2n) is 7.32. The Morgan fingerprint density at radius 2 is 1.93 bits per heavy atom. The van der Waals surface area contributed by atoms with E-state index in [0.717, 1.165) is 29.2 Å². The van der Waals surface area contributed by atoms with Crippen LogP contribution in [0.1, 0.15) is 64.0 Å². The third kappa shape index (κ3) is 5.63. The molecule has 0 aliphatic heterocycles. The summed E-state index contributed by atoms with van der Waals surface area (Å²) in [6, 6.07) is 7.95. The maximum atomic E-state index is 12.1. The summed E-state index contributed by atoms with van der Waals surface area (Å²) in [7, 11) is 0. The number of amides is 2. The predicted octanol–water partition coefficient (Wildman–Crippen LogP) is 4.92. The van der Waals surface area contributed by atoms with Crippen LogP contribution in [0.4, 0.5) is 5.13 Å². The maximum Gasteiger partial charge on any atom is 0.226 e. The zero-order valence-electron chi connectivity index (χ0n) is 16.0. The standard InChI is InChI=1S/C21H27N3O2S/c1-14(22-15(2)25)17-8-10-18(11-9-17)19-13-27-21(23-19)24-20(26)12-7-16-5-3-4-6-16/h8-11,13-14,16H,3-7,12H2,1-2H3,(H,22,25)(H,23,24,26). The second kappa shape index (κ2) is 9.13. The predicted molar refractivity (Wildman–Crippen MR) is 110 cm³/mol. The van der Waals surface area contributed by atoms with E-state index in [0.29, 0.717) is 11.6 Å². The number of aromatic nitrogens is 1. The highest BCUT2D eigenvalue weighted by Gasteiger charge is 2.17. The molecule has 1 aromatic heterocycles. The number of benzene rings is 1. The van der Waals surface area contributed by atoms with E-state index < -0.39 is 0 Å². The Morgan fingerprint density at radius 3 is 2.59 bits per heavy atom. The topological polar surface area (TPSA) is 71.1 Å². The molecule has 2 amide bonds. The Bertz CT molecular complexity index is 779. The normalized spacial score (nSPS) is 15.5. The first kappa shape index (κ1) is 19.5. The Hall–Kier alpha value is -2.21. The molecule has 1 aliphatic carbocycles. The van der Waals surface area contributed by atoms with E-state index in [1.807, 2.05) is 36.6 Å². The van der Waals surface area contributed by atoms with E-state index in [1.54, 1.807) is 0 Å². The first-order valence-corrected chi connectivity index (χ1v) is 10.5. The van der Waals surface area contributed by atoms with Crippen molar-refractivity contribution in [1.29, 1.82) is 0 Å². The van der Waals surface area contributed by atoms with E-state index >= 15 is 0 Å². The minimum Gasteiger partial charge on any atom is -0.350 e. The molecule has 0 bridgehead atoms. The third-order valence-electron chi connectivity index (χ3n) is 5.13. The number of carbonyl (C=O) groups is 2. The Labute approximate surface area is 164 Å². The van der Waals surface area contributed by atoms with E-state index in [9.17, 15) is 9.59 Å². The van der Waals surface area contributed by atoms with Crippen LogP contribution < -0.4 is 10.6 Å². The summed E-state index contributed by atoms with van der Waals surface area (Å²) in [6.45, 7) is 3.47. The number of hydrogen-bond donors (Lipinski definition) is 2. The minimum atomic E-state index is -0.0422. The van der Waals surface area contributed by atoms with Crippen molar-refractivity contribution < 1.29 is 9.59 Å². The van der Waals surface area contributed by atoms with Crippen molar-refractivity contribution in [1.82, 2.24) is 10.3 Å². The monoisotopic (exact) mass is 385 g/mol. The molecule has 1 heterocycles. The maximum absolute atomic E-state index is 12.1. The Morgan fingerprint density at radius 1 is 1.22 bits per heavy atom. The molecule has 1 fully saturated rings. The average Bonchev–Trinajstić information content (AvgIpc) is 3.31. The van der Waals surface area contributed by atoms with Crippen LogP contribution in [0, 0.1) is 5.92 Å². The van der Waals surface area contributed by atoms with Gasteiger partial charge in [0.25, 0.3) is 0 Å². The molecule has 0 radical (unpaired) electrons. The molecule has 3 rings (SSSR count). The van der Waals surface area contributed by atoms with Crippen LogP contribution in [0.2, 0.25) is 0 Å². The number of carbonyl (C=O) groups excluding carboxylic acids is 2. The van der Waals surface area contributed by atoms with Crippen LogP contribution >= 0.6 is 11.3 Å². The number of nitrogens with one attached hydrogen (secondary N) is 2. The summed E-state index contributed by atoms with van der Waals surface area (Å²) in [6.07, 6.45) is 6.72. The lowest BCUT2D eigenvalue weighted by atomic mass is 10.0. The highest BCUT2D eigenvalue weighted by molar-refractivity contribution is 7.14. The van der Waals surface area contributed by atoms with Crippen LogP contribution in [0.25, 0.3) is 11.3 Å². The van der Waals surface area contributed by atoms with Crippen molar-refractivity contribution in [2.45, 2.75) is 58.4 Å². The van der Waals surface area contributed by atoms with Gasteiger partial charge in [0.1, 0.15) is 0 Å². The summed E-state index contributed by atoms with van der Waals surface area (Å²) in [5.74, 6) is 0.739. The molecule has 1 aromatic carbocycles. The molecule has 144 valence electrons. The minimum absolute atomic E-state index is 0.0262. The number of thiazole rings is 1. The quantitative estimate of drug-likeness (QED) is 0.711. The van der Waals surface area contributed by atoms with Crippen LogP contribution in [0.3, 0.4) is 0 Å². The summed E-state index contributed by atoms with van der Waals surface area (Å²) >= 11 is 1.45. The van der Waals surface area contributed by atoms with Crippen LogP contribution in [0.15, 0.2) is 29.6 Å². The number of rotatable bonds is 7. The van der Waals surface area contributed by atoms with Crippen molar-refractivity contribution in [2.24, 2.45) is 5.92 Å². The van der Waals surface area contributed by atoms with Crippen molar-refractivity contribution in [3.8, 4) is 11.3 Å². The van der Waals surface area contributed by atoms with Gasteiger partial charge < -0.3 is 10.6 Å². The summed E-state index contributed by atoms with van der Waals surface area (Å²) < 4.78 is 0. The number of anilines is 1. The van der Waals surface area contributed by atoms with Crippen LogP contribution in [-0.4, -0.2) is 16.8 Å². The van der Waals surface area contributed by atoms with Gasteiger partial charge in [-0.05, 0) is 24.8 Å². The van der Waals surface area contributed by atoms with Gasteiger partial charge in [0.2, 0.25) is 11.8 Å². The van der Waals surface area contributed by atoms with Gasteiger partial charge in [-0.2, -0.15) is 0 Å². The van der Waals surface area contributed by atoms with Gasteiger partial charge in [-0.3, -0.25) is 9.59 Å². The van der Waals surface area contributed by atoms with Gasteiger partial charge in [-0.1, -0.05) is 49.9 Å². The Kier molecular flexibility index (Phi) is 6.61. The largest absolute Gasteiger partial charge is 0.350 e. The van der Waals surface area contributed by atoms with Crippen molar-refractivity contribution in [3.05, 3.63) is 35.2 Å². The molecule has 1 unspecified atom stereocenters. The molecular weight excluding hydrogens is 358 g/mol. The van der Waals surface area contributed by atoms with Gasteiger partial charge in [0, 0.05) is 24.3 Å². The molecule has 2 aromatic rings. The molecular formula is C21H27N3O2S. The number of hydrogen-bond acceptors (Lipinski definition) is 4.